The molecule has 2 rings (SSSR count). The van der Waals surface area contributed by atoms with Crippen molar-refractivity contribution in [2.45, 2.75) is 13.1 Å². The van der Waals surface area contributed by atoms with E-state index in [4.69, 9.17) is 11.6 Å². The highest BCUT2D eigenvalue weighted by Crippen LogP contribution is 2.31. The fourth-order valence-corrected chi connectivity index (χ4v) is 1.87. The van der Waals surface area contributed by atoms with Crippen LogP contribution in [0.15, 0.2) is 36.4 Å². The van der Waals surface area contributed by atoms with Gasteiger partial charge in [-0.25, -0.2) is 4.98 Å². The molecule has 18 heavy (non-hydrogen) atoms. The number of rotatable bonds is 1. The minimum absolute atomic E-state index is 0.324. The number of benzene rings is 1. The van der Waals surface area contributed by atoms with Crippen LogP contribution >= 0.6 is 11.6 Å². The van der Waals surface area contributed by atoms with Crippen molar-refractivity contribution in [3.63, 3.8) is 0 Å². The fraction of sp³-hybridized carbons (Fsp3) is 0.154. The van der Waals surface area contributed by atoms with Crippen molar-refractivity contribution < 1.29 is 13.2 Å². The second-order valence-corrected chi connectivity index (χ2v) is 4.31. The Labute approximate surface area is 107 Å². The van der Waals surface area contributed by atoms with Gasteiger partial charge in [0, 0.05) is 5.56 Å². The standard InChI is InChI=1S/C13H9ClF3N/c1-8-6-11(18-12(14)7-8)9-2-4-10(5-3-9)13(15,16)17/h2-7H,1H3. The van der Waals surface area contributed by atoms with E-state index in [0.717, 1.165) is 17.7 Å². The molecule has 0 amide bonds. The van der Waals surface area contributed by atoms with E-state index < -0.39 is 11.7 Å². The van der Waals surface area contributed by atoms with Gasteiger partial charge in [-0.05, 0) is 36.8 Å². The fourth-order valence-electron chi connectivity index (χ4n) is 1.60. The summed E-state index contributed by atoms with van der Waals surface area (Å²) < 4.78 is 37.2. The molecule has 1 aromatic carbocycles. The minimum atomic E-state index is -4.32. The number of hydrogen-bond donors (Lipinski definition) is 0. The van der Waals surface area contributed by atoms with Crippen molar-refractivity contribution in [2.24, 2.45) is 0 Å². The van der Waals surface area contributed by atoms with Gasteiger partial charge in [-0.2, -0.15) is 13.2 Å². The summed E-state index contributed by atoms with van der Waals surface area (Å²) in [4.78, 5) is 4.08. The SMILES string of the molecule is Cc1cc(Cl)nc(-c2ccc(C(F)(F)F)cc2)c1. The number of hydrogen-bond acceptors (Lipinski definition) is 1. The minimum Gasteiger partial charge on any atom is -0.236 e. The van der Waals surface area contributed by atoms with E-state index in [1.54, 1.807) is 12.1 Å². The number of halogens is 4. The molecule has 1 heterocycles. The third-order valence-corrected chi connectivity index (χ3v) is 2.64. The highest BCUT2D eigenvalue weighted by Gasteiger charge is 2.29. The van der Waals surface area contributed by atoms with Gasteiger partial charge in [0.1, 0.15) is 5.15 Å². The molecule has 0 bridgehead atoms. The quantitative estimate of drug-likeness (QED) is 0.683. The van der Waals surface area contributed by atoms with E-state index in [9.17, 15) is 13.2 Å². The maximum absolute atomic E-state index is 12.4. The first kappa shape index (κ1) is 12.9. The summed E-state index contributed by atoms with van der Waals surface area (Å²) in [6.07, 6.45) is -4.32. The maximum Gasteiger partial charge on any atom is 0.416 e. The molecular weight excluding hydrogens is 263 g/mol. The topological polar surface area (TPSA) is 12.9 Å². The van der Waals surface area contributed by atoms with Gasteiger partial charge >= 0.3 is 6.18 Å². The molecule has 0 fully saturated rings. The first-order chi connectivity index (χ1) is 8.36. The maximum atomic E-state index is 12.4. The Morgan fingerprint density at radius 1 is 1.06 bits per heavy atom. The lowest BCUT2D eigenvalue weighted by atomic mass is 10.1. The van der Waals surface area contributed by atoms with Crippen molar-refractivity contribution in [3.8, 4) is 11.3 Å². The molecule has 5 heteroatoms. The van der Waals surface area contributed by atoms with Crippen molar-refractivity contribution >= 4 is 11.6 Å². The molecule has 0 saturated heterocycles. The number of aryl methyl sites for hydroxylation is 1. The number of aromatic nitrogens is 1. The average Bonchev–Trinajstić information content (AvgIpc) is 2.27. The lowest BCUT2D eigenvalue weighted by Crippen LogP contribution is -2.04. The third kappa shape index (κ3) is 2.82. The Balaban J connectivity index is 2.40. The van der Waals surface area contributed by atoms with Gasteiger partial charge in [-0.1, -0.05) is 23.7 Å². The van der Waals surface area contributed by atoms with Crippen LogP contribution in [0.2, 0.25) is 5.15 Å². The molecule has 0 aliphatic carbocycles. The van der Waals surface area contributed by atoms with Gasteiger partial charge in [0.05, 0.1) is 11.3 Å². The van der Waals surface area contributed by atoms with Gasteiger partial charge < -0.3 is 0 Å². The molecule has 0 spiro atoms. The van der Waals surface area contributed by atoms with Crippen molar-refractivity contribution in [1.29, 1.82) is 0 Å². The zero-order chi connectivity index (χ0) is 13.3. The van der Waals surface area contributed by atoms with E-state index >= 15 is 0 Å². The van der Waals surface area contributed by atoms with Gasteiger partial charge in [0.15, 0.2) is 0 Å². The van der Waals surface area contributed by atoms with E-state index in [1.165, 1.54) is 12.1 Å². The van der Waals surface area contributed by atoms with Crippen LogP contribution in [-0.2, 0) is 6.18 Å². The van der Waals surface area contributed by atoms with Gasteiger partial charge in [0.25, 0.3) is 0 Å². The summed E-state index contributed by atoms with van der Waals surface area (Å²) in [7, 11) is 0. The van der Waals surface area contributed by atoms with Gasteiger partial charge in [-0.15, -0.1) is 0 Å². The van der Waals surface area contributed by atoms with Crippen LogP contribution in [0.4, 0.5) is 13.2 Å². The zero-order valence-electron chi connectivity index (χ0n) is 9.42. The van der Waals surface area contributed by atoms with Crippen molar-refractivity contribution in [2.75, 3.05) is 0 Å². The largest absolute Gasteiger partial charge is 0.416 e. The molecule has 0 saturated carbocycles. The van der Waals surface area contributed by atoms with E-state index in [1.807, 2.05) is 6.92 Å². The van der Waals surface area contributed by atoms with Crippen LogP contribution in [0.3, 0.4) is 0 Å². The van der Waals surface area contributed by atoms with Crippen LogP contribution < -0.4 is 0 Å². The molecule has 0 aliphatic rings. The first-order valence-corrected chi connectivity index (χ1v) is 5.56. The van der Waals surface area contributed by atoms with Crippen LogP contribution in [-0.4, -0.2) is 4.98 Å². The number of pyridine rings is 1. The smallest absolute Gasteiger partial charge is 0.236 e. The van der Waals surface area contributed by atoms with Crippen molar-refractivity contribution in [3.05, 3.63) is 52.7 Å². The Hall–Kier alpha value is -1.55. The van der Waals surface area contributed by atoms with Crippen LogP contribution in [0.5, 0.6) is 0 Å². The molecule has 0 N–H and O–H groups in total. The predicted octanol–water partition coefficient (Wildman–Crippen LogP) is 4.73. The second kappa shape index (κ2) is 4.61. The van der Waals surface area contributed by atoms with Crippen molar-refractivity contribution in [1.82, 2.24) is 4.98 Å². The summed E-state index contributed by atoms with van der Waals surface area (Å²) in [5.41, 5.74) is 1.40. The average molecular weight is 272 g/mol. The van der Waals surface area contributed by atoms with E-state index in [2.05, 4.69) is 4.98 Å². The molecular formula is C13H9ClF3N. The molecule has 1 aromatic heterocycles. The summed E-state index contributed by atoms with van der Waals surface area (Å²) in [6.45, 7) is 1.85. The Bertz CT molecular complexity index is 541. The molecule has 0 aliphatic heterocycles. The monoisotopic (exact) mass is 271 g/mol. The summed E-state index contributed by atoms with van der Waals surface area (Å²) in [6, 6.07) is 8.31. The highest BCUT2D eigenvalue weighted by atomic mass is 35.5. The highest BCUT2D eigenvalue weighted by molar-refractivity contribution is 6.29. The van der Waals surface area contributed by atoms with Crippen LogP contribution in [0.25, 0.3) is 11.3 Å². The van der Waals surface area contributed by atoms with Gasteiger partial charge in [-0.3, -0.25) is 0 Å². The number of alkyl halides is 3. The molecule has 94 valence electrons. The van der Waals surface area contributed by atoms with Crippen LogP contribution in [0.1, 0.15) is 11.1 Å². The summed E-state index contributed by atoms with van der Waals surface area (Å²) in [5.74, 6) is 0. The second-order valence-electron chi connectivity index (χ2n) is 3.93. The molecule has 1 nitrogen and oxygen atoms in total. The van der Waals surface area contributed by atoms with E-state index in [-0.39, 0.29) is 0 Å². The third-order valence-electron chi connectivity index (χ3n) is 2.45. The lowest BCUT2D eigenvalue weighted by molar-refractivity contribution is -0.137. The zero-order valence-corrected chi connectivity index (χ0v) is 10.2. The molecule has 2 aromatic rings. The van der Waals surface area contributed by atoms with E-state index in [0.29, 0.717) is 16.4 Å². The Morgan fingerprint density at radius 3 is 2.17 bits per heavy atom. The number of nitrogens with zero attached hydrogens (tertiary/aromatic N) is 1. The molecule has 0 radical (unpaired) electrons. The van der Waals surface area contributed by atoms with Crippen LogP contribution in [0, 0.1) is 6.92 Å². The molecule has 0 atom stereocenters. The first-order valence-electron chi connectivity index (χ1n) is 5.18. The Kier molecular flexibility index (Phi) is 3.30. The summed E-state index contributed by atoms with van der Waals surface area (Å²) >= 11 is 5.81. The van der Waals surface area contributed by atoms with Gasteiger partial charge in [0.2, 0.25) is 0 Å². The summed E-state index contributed by atoms with van der Waals surface area (Å²) in [5, 5.41) is 0.324. The normalized spacial score (nSPS) is 11.6. The lowest BCUT2D eigenvalue weighted by Gasteiger charge is -2.08. The molecule has 0 unspecified atom stereocenters. The Morgan fingerprint density at radius 2 is 1.67 bits per heavy atom. The predicted molar refractivity (Wildman–Crippen MR) is 64.4 cm³/mol.